The van der Waals surface area contributed by atoms with Gasteiger partial charge >= 0.3 is 0 Å². The minimum atomic E-state index is -0.712. The van der Waals surface area contributed by atoms with E-state index in [1.54, 1.807) is 6.07 Å². The molecular weight excluding hydrogens is 250 g/mol. The van der Waals surface area contributed by atoms with Crippen LogP contribution in [0.15, 0.2) is 28.7 Å². The van der Waals surface area contributed by atoms with Crippen LogP contribution in [0.25, 0.3) is 11.0 Å². The van der Waals surface area contributed by atoms with Gasteiger partial charge in [0.1, 0.15) is 11.9 Å². The SMILES string of the molecule is CN(C)C(C)(C)C(O)c1cc2cccc(Cl)c2o1. The molecule has 0 saturated carbocycles. The van der Waals surface area contributed by atoms with Crippen molar-refractivity contribution in [2.75, 3.05) is 14.1 Å². The smallest absolute Gasteiger partial charge is 0.152 e. The molecule has 1 atom stereocenters. The molecule has 1 N–H and O–H groups in total. The lowest BCUT2D eigenvalue weighted by Gasteiger charge is -2.35. The Balaban J connectivity index is 2.46. The summed E-state index contributed by atoms with van der Waals surface area (Å²) < 4.78 is 5.69. The second kappa shape index (κ2) is 4.57. The normalized spacial score (nSPS) is 14.4. The molecule has 1 aromatic heterocycles. The van der Waals surface area contributed by atoms with Gasteiger partial charge in [-0.05, 0) is 40.1 Å². The third kappa shape index (κ3) is 2.14. The molecule has 0 fully saturated rings. The van der Waals surface area contributed by atoms with Crippen LogP contribution in [0, 0.1) is 0 Å². The van der Waals surface area contributed by atoms with Gasteiger partial charge in [-0.15, -0.1) is 0 Å². The Morgan fingerprint density at radius 3 is 2.56 bits per heavy atom. The second-order valence-corrected chi connectivity index (χ2v) is 5.66. The van der Waals surface area contributed by atoms with Crippen molar-refractivity contribution in [1.29, 1.82) is 0 Å². The molecule has 1 unspecified atom stereocenters. The number of aliphatic hydroxyl groups excluding tert-OH is 1. The van der Waals surface area contributed by atoms with Gasteiger partial charge in [-0.2, -0.15) is 0 Å². The number of aliphatic hydroxyl groups is 1. The molecule has 0 spiro atoms. The predicted molar refractivity (Wildman–Crippen MR) is 73.9 cm³/mol. The first-order valence-corrected chi connectivity index (χ1v) is 6.25. The quantitative estimate of drug-likeness (QED) is 0.925. The summed E-state index contributed by atoms with van der Waals surface area (Å²) >= 11 is 6.07. The topological polar surface area (TPSA) is 36.6 Å². The van der Waals surface area contributed by atoms with Crippen LogP contribution in [-0.2, 0) is 0 Å². The fourth-order valence-electron chi connectivity index (χ4n) is 1.77. The number of halogens is 1. The Labute approximate surface area is 112 Å². The van der Waals surface area contributed by atoms with Crippen LogP contribution in [0.5, 0.6) is 0 Å². The van der Waals surface area contributed by atoms with Gasteiger partial charge in [0.15, 0.2) is 5.58 Å². The molecule has 0 radical (unpaired) electrons. The molecule has 0 bridgehead atoms. The lowest BCUT2D eigenvalue weighted by molar-refractivity contribution is 0.00362. The summed E-state index contributed by atoms with van der Waals surface area (Å²) in [7, 11) is 3.86. The second-order valence-electron chi connectivity index (χ2n) is 5.26. The molecule has 1 heterocycles. The van der Waals surface area contributed by atoms with Gasteiger partial charge in [0.05, 0.1) is 5.02 Å². The first-order valence-electron chi connectivity index (χ1n) is 5.87. The lowest BCUT2D eigenvalue weighted by atomic mass is 9.94. The third-order valence-electron chi connectivity index (χ3n) is 3.61. The molecule has 0 aliphatic carbocycles. The van der Waals surface area contributed by atoms with E-state index in [-0.39, 0.29) is 0 Å². The van der Waals surface area contributed by atoms with Crippen molar-refractivity contribution < 1.29 is 9.52 Å². The summed E-state index contributed by atoms with van der Waals surface area (Å²) in [6.45, 7) is 3.93. The van der Waals surface area contributed by atoms with Crippen LogP contribution in [-0.4, -0.2) is 29.6 Å². The number of benzene rings is 1. The minimum Gasteiger partial charge on any atom is -0.457 e. The summed E-state index contributed by atoms with van der Waals surface area (Å²) in [6, 6.07) is 7.41. The van der Waals surface area contributed by atoms with Crippen LogP contribution in [0.2, 0.25) is 5.02 Å². The Kier molecular flexibility index (Phi) is 3.41. The van der Waals surface area contributed by atoms with Crippen LogP contribution < -0.4 is 0 Å². The van der Waals surface area contributed by atoms with Crippen molar-refractivity contribution in [2.24, 2.45) is 0 Å². The predicted octanol–water partition coefficient (Wildman–Crippen LogP) is 3.46. The number of hydrogen-bond acceptors (Lipinski definition) is 3. The first-order chi connectivity index (χ1) is 8.34. The van der Waals surface area contributed by atoms with Crippen LogP contribution in [0.3, 0.4) is 0 Å². The summed E-state index contributed by atoms with van der Waals surface area (Å²) in [5, 5.41) is 11.9. The molecule has 0 saturated heterocycles. The van der Waals surface area contributed by atoms with Gasteiger partial charge in [0, 0.05) is 10.9 Å². The molecule has 4 heteroatoms. The standard InChI is InChI=1S/C14H18ClNO2/c1-14(2,16(3)4)13(17)11-8-9-6-5-7-10(15)12(9)18-11/h5-8,13,17H,1-4H3. The molecule has 2 rings (SSSR count). The highest BCUT2D eigenvalue weighted by Crippen LogP contribution is 2.35. The fourth-order valence-corrected chi connectivity index (χ4v) is 2.00. The molecule has 0 amide bonds. The van der Waals surface area contributed by atoms with Crippen LogP contribution >= 0.6 is 11.6 Å². The average molecular weight is 268 g/mol. The molecule has 3 nitrogen and oxygen atoms in total. The van der Waals surface area contributed by atoms with E-state index in [1.807, 2.05) is 51.0 Å². The van der Waals surface area contributed by atoms with Gasteiger partial charge in [-0.3, -0.25) is 0 Å². The van der Waals surface area contributed by atoms with E-state index in [4.69, 9.17) is 16.0 Å². The largest absolute Gasteiger partial charge is 0.457 e. The molecular formula is C14H18ClNO2. The zero-order valence-corrected chi connectivity index (χ0v) is 11.8. The van der Waals surface area contributed by atoms with E-state index in [0.717, 1.165) is 5.39 Å². The Morgan fingerprint density at radius 2 is 2.00 bits per heavy atom. The number of hydrogen-bond donors (Lipinski definition) is 1. The van der Waals surface area contributed by atoms with Gasteiger partial charge < -0.3 is 14.4 Å². The average Bonchev–Trinajstić information content (AvgIpc) is 2.73. The Bertz CT molecular complexity index is 560. The first kappa shape index (κ1) is 13.4. The van der Waals surface area contributed by atoms with Crippen molar-refractivity contribution >= 4 is 22.6 Å². The maximum atomic E-state index is 10.4. The van der Waals surface area contributed by atoms with Crippen molar-refractivity contribution in [3.63, 3.8) is 0 Å². The molecule has 0 aliphatic heterocycles. The molecule has 0 aliphatic rings. The molecule has 2 aromatic rings. The van der Waals surface area contributed by atoms with Gasteiger partial charge in [-0.25, -0.2) is 0 Å². The Morgan fingerprint density at radius 1 is 1.33 bits per heavy atom. The molecule has 18 heavy (non-hydrogen) atoms. The number of rotatable bonds is 3. The summed E-state index contributed by atoms with van der Waals surface area (Å²) in [5.41, 5.74) is 0.211. The van der Waals surface area contributed by atoms with E-state index >= 15 is 0 Å². The highest BCUT2D eigenvalue weighted by Gasteiger charge is 2.33. The van der Waals surface area contributed by atoms with Crippen molar-refractivity contribution in [3.05, 3.63) is 35.0 Å². The zero-order valence-electron chi connectivity index (χ0n) is 11.1. The number of likely N-dealkylation sites (N-methyl/N-ethyl adjacent to an activating group) is 1. The molecule has 1 aromatic carbocycles. The maximum absolute atomic E-state index is 10.4. The van der Waals surface area contributed by atoms with E-state index in [0.29, 0.717) is 16.4 Å². The minimum absolute atomic E-state index is 0.416. The number of furan rings is 1. The number of nitrogens with zero attached hydrogens (tertiary/aromatic N) is 1. The van der Waals surface area contributed by atoms with Crippen molar-refractivity contribution in [1.82, 2.24) is 4.90 Å². The third-order valence-corrected chi connectivity index (χ3v) is 3.90. The van der Waals surface area contributed by atoms with Crippen molar-refractivity contribution in [2.45, 2.75) is 25.5 Å². The highest BCUT2D eigenvalue weighted by molar-refractivity contribution is 6.34. The van der Waals surface area contributed by atoms with E-state index in [2.05, 4.69) is 0 Å². The van der Waals surface area contributed by atoms with Gasteiger partial charge in [0.25, 0.3) is 0 Å². The van der Waals surface area contributed by atoms with Crippen molar-refractivity contribution in [3.8, 4) is 0 Å². The lowest BCUT2D eigenvalue weighted by Crippen LogP contribution is -2.43. The van der Waals surface area contributed by atoms with Gasteiger partial charge in [0.2, 0.25) is 0 Å². The van der Waals surface area contributed by atoms with Gasteiger partial charge in [-0.1, -0.05) is 23.7 Å². The Hall–Kier alpha value is -1.03. The molecule has 98 valence electrons. The van der Waals surface area contributed by atoms with E-state index in [9.17, 15) is 5.11 Å². The number of para-hydroxylation sites is 1. The van der Waals surface area contributed by atoms with E-state index in [1.165, 1.54) is 0 Å². The monoisotopic (exact) mass is 267 g/mol. The van der Waals surface area contributed by atoms with Crippen LogP contribution in [0.1, 0.15) is 25.7 Å². The fraction of sp³-hybridized carbons (Fsp3) is 0.429. The summed E-state index contributed by atoms with van der Waals surface area (Å²) in [6.07, 6.45) is -0.712. The summed E-state index contributed by atoms with van der Waals surface area (Å²) in [5.74, 6) is 0.539. The van der Waals surface area contributed by atoms with E-state index < -0.39 is 11.6 Å². The zero-order chi connectivity index (χ0) is 13.5. The van der Waals surface area contributed by atoms with Crippen LogP contribution in [0.4, 0.5) is 0 Å². The highest BCUT2D eigenvalue weighted by atomic mass is 35.5. The summed E-state index contributed by atoms with van der Waals surface area (Å²) in [4.78, 5) is 1.96. The number of fused-ring (bicyclic) bond motifs is 1. The maximum Gasteiger partial charge on any atom is 0.152 e.